The van der Waals surface area contributed by atoms with Crippen LogP contribution < -0.4 is 0 Å². The van der Waals surface area contributed by atoms with Crippen molar-refractivity contribution < 1.29 is 13.2 Å². The third kappa shape index (κ3) is 2.26. The van der Waals surface area contributed by atoms with Gasteiger partial charge in [0.05, 0.1) is 10.2 Å². The van der Waals surface area contributed by atoms with E-state index in [1.54, 1.807) is 18.2 Å². The van der Waals surface area contributed by atoms with Gasteiger partial charge in [-0.25, -0.2) is 12.4 Å². The Morgan fingerprint density at radius 3 is 2.39 bits per heavy atom. The van der Waals surface area contributed by atoms with Gasteiger partial charge in [0.15, 0.2) is 5.78 Å². The van der Waals surface area contributed by atoms with Crippen molar-refractivity contribution in [2.24, 2.45) is 0 Å². The van der Waals surface area contributed by atoms with Crippen LogP contribution in [-0.4, -0.2) is 23.5 Å². The second-order valence-corrected chi connectivity index (χ2v) is 5.94. The Hall–Kier alpha value is -1.40. The quantitative estimate of drug-likeness (QED) is 0.639. The molecular formula is C12H10BrNO3S. The van der Waals surface area contributed by atoms with Gasteiger partial charge in [-0.15, -0.1) is 0 Å². The lowest BCUT2D eigenvalue weighted by atomic mass is 10.3. The number of hydrogen-bond acceptors (Lipinski definition) is 3. The molecule has 0 radical (unpaired) electrons. The van der Waals surface area contributed by atoms with Crippen molar-refractivity contribution >= 4 is 31.7 Å². The molecule has 0 fully saturated rings. The number of carbonyl (C=O) groups excluding carboxylic acids is 1. The minimum atomic E-state index is -3.71. The number of ketones is 1. The summed E-state index contributed by atoms with van der Waals surface area (Å²) < 4.78 is 25.7. The molecule has 0 unspecified atom stereocenters. The summed E-state index contributed by atoms with van der Waals surface area (Å²) in [6, 6.07) is 11.0. The summed E-state index contributed by atoms with van der Waals surface area (Å²) >= 11 is 3.04. The van der Waals surface area contributed by atoms with E-state index in [4.69, 9.17) is 0 Å². The molecule has 0 saturated carbocycles. The van der Waals surface area contributed by atoms with Gasteiger partial charge in [0.1, 0.15) is 5.69 Å². The number of alkyl halides is 1. The van der Waals surface area contributed by atoms with Crippen LogP contribution in [0, 0.1) is 0 Å². The maximum absolute atomic E-state index is 12.3. The van der Waals surface area contributed by atoms with E-state index in [0.717, 1.165) is 3.97 Å². The molecular weight excluding hydrogens is 318 g/mol. The van der Waals surface area contributed by atoms with Crippen LogP contribution in [0.3, 0.4) is 0 Å². The van der Waals surface area contributed by atoms with Gasteiger partial charge in [0.2, 0.25) is 0 Å². The van der Waals surface area contributed by atoms with E-state index in [0.29, 0.717) is 0 Å². The number of benzene rings is 1. The van der Waals surface area contributed by atoms with Crippen LogP contribution >= 0.6 is 15.9 Å². The highest BCUT2D eigenvalue weighted by atomic mass is 79.9. The van der Waals surface area contributed by atoms with E-state index in [9.17, 15) is 13.2 Å². The van der Waals surface area contributed by atoms with E-state index in [1.165, 1.54) is 30.5 Å². The molecule has 1 aromatic carbocycles. The standard InChI is InChI=1S/C12H10BrNO3S/c13-9-12(15)11-7-4-8-14(11)18(16,17)10-5-2-1-3-6-10/h1-8H,9H2. The third-order valence-electron chi connectivity index (χ3n) is 2.42. The van der Waals surface area contributed by atoms with Crippen LogP contribution in [0.1, 0.15) is 10.5 Å². The summed E-state index contributed by atoms with van der Waals surface area (Å²) in [6.07, 6.45) is 1.37. The summed E-state index contributed by atoms with van der Waals surface area (Å²) in [5, 5.41) is 0.0846. The summed E-state index contributed by atoms with van der Waals surface area (Å²) in [7, 11) is -3.71. The fourth-order valence-corrected chi connectivity index (χ4v) is 3.23. The van der Waals surface area contributed by atoms with Crippen LogP contribution in [0.2, 0.25) is 0 Å². The van der Waals surface area contributed by atoms with Gasteiger partial charge in [0.25, 0.3) is 10.0 Å². The van der Waals surface area contributed by atoms with Crippen molar-refractivity contribution in [1.29, 1.82) is 0 Å². The first-order valence-corrected chi connectivity index (χ1v) is 7.70. The Bertz CT molecular complexity index is 662. The van der Waals surface area contributed by atoms with Crippen molar-refractivity contribution in [3.63, 3.8) is 0 Å². The lowest BCUT2D eigenvalue weighted by Gasteiger charge is -2.08. The molecule has 0 amide bonds. The Balaban J connectivity index is 2.56. The van der Waals surface area contributed by atoms with Crippen molar-refractivity contribution in [2.45, 2.75) is 4.90 Å². The predicted octanol–water partition coefficient (Wildman–Crippen LogP) is 2.30. The molecule has 4 nitrogen and oxygen atoms in total. The SMILES string of the molecule is O=C(CBr)c1cccn1S(=O)(=O)c1ccccc1. The topological polar surface area (TPSA) is 56.1 Å². The fourth-order valence-electron chi connectivity index (χ4n) is 1.57. The molecule has 0 bridgehead atoms. The van der Waals surface area contributed by atoms with Crippen LogP contribution in [0.5, 0.6) is 0 Å². The van der Waals surface area contributed by atoms with Gasteiger partial charge < -0.3 is 0 Å². The van der Waals surface area contributed by atoms with Gasteiger partial charge in [-0.05, 0) is 24.3 Å². The molecule has 0 N–H and O–H groups in total. The largest absolute Gasteiger partial charge is 0.292 e. The van der Waals surface area contributed by atoms with Gasteiger partial charge in [-0.2, -0.15) is 0 Å². The highest BCUT2D eigenvalue weighted by Crippen LogP contribution is 2.17. The van der Waals surface area contributed by atoms with Crippen molar-refractivity contribution in [2.75, 3.05) is 5.33 Å². The van der Waals surface area contributed by atoms with E-state index >= 15 is 0 Å². The van der Waals surface area contributed by atoms with E-state index in [-0.39, 0.29) is 21.7 Å². The van der Waals surface area contributed by atoms with E-state index < -0.39 is 10.0 Å². The lowest BCUT2D eigenvalue weighted by molar-refractivity contribution is 0.101. The molecule has 0 saturated heterocycles. The molecule has 0 aliphatic rings. The molecule has 2 aromatic rings. The predicted molar refractivity (Wildman–Crippen MR) is 71.6 cm³/mol. The van der Waals surface area contributed by atoms with E-state index in [1.807, 2.05) is 0 Å². The molecule has 1 heterocycles. The highest BCUT2D eigenvalue weighted by Gasteiger charge is 2.21. The molecule has 0 atom stereocenters. The average Bonchev–Trinajstić information content (AvgIpc) is 2.89. The van der Waals surface area contributed by atoms with Gasteiger partial charge >= 0.3 is 0 Å². The maximum Gasteiger partial charge on any atom is 0.268 e. The molecule has 18 heavy (non-hydrogen) atoms. The molecule has 0 aliphatic carbocycles. The monoisotopic (exact) mass is 327 g/mol. The normalized spacial score (nSPS) is 11.4. The maximum atomic E-state index is 12.3. The number of carbonyl (C=O) groups is 1. The molecule has 0 aliphatic heterocycles. The number of aromatic nitrogens is 1. The van der Waals surface area contributed by atoms with Crippen molar-refractivity contribution in [3.8, 4) is 0 Å². The zero-order valence-corrected chi connectivity index (χ0v) is 11.7. The first-order valence-electron chi connectivity index (χ1n) is 5.14. The zero-order valence-electron chi connectivity index (χ0n) is 9.28. The summed E-state index contributed by atoms with van der Waals surface area (Å²) in [5.74, 6) is -0.278. The Morgan fingerprint density at radius 1 is 1.11 bits per heavy atom. The van der Waals surface area contributed by atoms with Crippen LogP contribution in [0.4, 0.5) is 0 Å². The van der Waals surface area contributed by atoms with Crippen molar-refractivity contribution in [3.05, 3.63) is 54.4 Å². The van der Waals surface area contributed by atoms with E-state index in [2.05, 4.69) is 15.9 Å². The summed E-state index contributed by atoms with van der Waals surface area (Å²) in [4.78, 5) is 11.8. The zero-order chi connectivity index (χ0) is 13.2. The Labute approximate surface area is 113 Å². The van der Waals surface area contributed by atoms with Crippen molar-refractivity contribution in [1.82, 2.24) is 3.97 Å². The first-order chi connectivity index (χ1) is 8.57. The minimum Gasteiger partial charge on any atom is -0.292 e. The molecule has 2 rings (SSSR count). The lowest BCUT2D eigenvalue weighted by Crippen LogP contribution is -2.18. The van der Waals surface area contributed by atoms with Gasteiger partial charge in [-0.3, -0.25) is 4.79 Å². The average molecular weight is 328 g/mol. The number of hydrogen-bond donors (Lipinski definition) is 0. The minimum absolute atomic E-state index is 0.0846. The summed E-state index contributed by atoms with van der Waals surface area (Å²) in [5.41, 5.74) is 0.149. The smallest absolute Gasteiger partial charge is 0.268 e. The highest BCUT2D eigenvalue weighted by molar-refractivity contribution is 9.09. The molecule has 1 aromatic heterocycles. The Morgan fingerprint density at radius 2 is 1.78 bits per heavy atom. The molecule has 94 valence electrons. The number of rotatable bonds is 4. The number of nitrogens with zero attached hydrogens (tertiary/aromatic N) is 1. The summed E-state index contributed by atoms with van der Waals surface area (Å²) in [6.45, 7) is 0. The van der Waals surface area contributed by atoms with Gasteiger partial charge in [-0.1, -0.05) is 34.1 Å². The van der Waals surface area contributed by atoms with Crippen LogP contribution in [-0.2, 0) is 10.0 Å². The van der Waals surface area contributed by atoms with Crippen LogP contribution in [0.15, 0.2) is 53.6 Å². The second-order valence-electron chi connectivity index (χ2n) is 3.56. The number of Topliss-reactive ketones (excluding diaryl/α,β-unsaturated/α-hetero) is 1. The first kappa shape index (κ1) is 13.0. The Kier molecular flexibility index (Phi) is 3.68. The molecule has 6 heteroatoms. The second kappa shape index (κ2) is 5.07. The molecule has 0 spiro atoms. The fraction of sp³-hybridized carbons (Fsp3) is 0.0833. The third-order valence-corrected chi connectivity index (χ3v) is 4.63. The number of halogens is 1. The van der Waals surface area contributed by atoms with Crippen LogP contribution in [0.25, 0.3) is 0 Å². The van der Waals surface area contributed by atoms with Gasteiger partial charge in [0, 0.05) is 6.20 Å².